The van der Waals surface area contributed by atoms with Gasteiger partial charge in [0.2, 0.25) is 0 Å². The standard InChI is InChI=1S/C16H19ClN2O/c1-2-8-18-10-13-6-7-15(19-11-13)12-20-16-5-3-4-14(17)9-16/h3-7,9,11,18H,2,8,10,12H2,1H3. The van der Waals surface area contributed by atoms with E-state index in [0.29, 0.717) is 11.6 Å². The number of nitrogens with one attached hydrogen (secondary N) is 1. The van der Waals surface area contributed by atoms with Gasteiger partial charge in [0.15, 0.2) is 0 Å². The van der Waals surface area contributed by atoms with Crippen LogP contribution in [0.3, 0.4) is 0 Å². The highest BCUT2D eigenvalue weighted by Gasteiger charge is 1.99. The van der Waals surface area contributed by atoms with Gasteiger partial charge in [0, 0.05) is 17.8 Å². The lowest BCUT2D eigenvalue weighted by Crippen LogP contribution is -2.14. The highest BCUT2D eigenvalue weighted by Crippen LogP contribution is 2.18. The summed E-state index contributed by atoms with van der Waals surface area (Å²) in [4.78, 5) is 4.40. The van der Waals surface area contributed by atoms with Crippen molar-refractivity contribution >= 4 is 11.6 Å². The van der Waals surface area contributed by atoms with E-state index in [4.69, 9.17) is 16.3 Å². The fourth-order valence-corrected chi connectivity index (χ4v) is 1.95. The van der Waals surface area contributed by atoms with Crippen LogP contribution in [0.2, 0.25) is 5.02 Å². The van der Waals surface area contributed by atoms with Gasteiger partial charge in [0.05, 0.1) is 5.69 Å². The predicted octanol–water partition coefficient (Wildman–Crippen LogP) is 3.81. The number of pyridine rings is 1. The Morgan fingerprint density at radius 1 is 1.25 bits per heavy atom. The van der Waals surface area contributed by atoms with Crippen LogP contribution in [0.25, 0.3) is 0 Å². The van der Waals surface area contributed by atoms with Gasteiger partial charge < -0.3 is 10.1 Å². The predicted molar refractivity (Wildman–Crippen MR) is 82.0 cm³/mol. The highest BCUT2D eigenvalue weighted by molar-refractivity contribution is 6.30. The summed E-state index contributed by atoms with van der Waals surface area (Å²) >= 11 is 5.91. The molecule has 0 radical (unpaired) electrons. The monoisotopic (exact) mass is 290 g/mol. The van der Waals surface area contributed by atoms with Gasteiger partial charge in [-0.1, -0.05) is 30.7 Å². The molecule has 4 heteroatoms. The molecule has 1 heterocycles. The molecule has 20 heavy (non-hydrogen) atoms. The quantitative estimate of drug-likeness (QED) is 0.787. The van der Waals surface area contributed by atoms with Gasteiger partial charge in [0.25, 0.3) is 0 Å². The third kappa shape index (κ3) is 4.83. The molecule has 1 N–H and O–H groups in total. The van der Waals surface area contributed by atoms with Crippen molar-refractivity contribution in [1.82, 2.24) is 10.3 Å². The Bertz CT molecular complexity index is 528. The maximum absolute atomic E-state index is 5.91. The molecule has 0 amide bonds. The lowest BCUT2D eigenvalue weighted by atomic mass is 10.2. The first-order chi connectivity index (χ1) is 9.78. The Kier molecular flexibility index (Phi) is 5.84. The average Bonchev–Trinajstić information content (AvgIpc) is 2.47. The second-order valence-electron chi connectivity index (χ2n) is 4.58. The van der Waals surface area contributed by atoms with Crippen molar-refractivity contribution in [3.63, 3.8) is 0 Å². The van der Waals surface area contributed by atoms with Crippen LogP contribution in [0.5, 0.6) is 5.75 Å². The van der Waals surface area contributed by atoms with Crippen molar-refractivity contribution < 1.29 is 4.74 Å². The van der Waals surface area contributed by atoms with Gasteiger partial charge in [-0.15, -0.1) is 0 Å². The van der Waals surface area contributed by atoms with Crippen LogP contribution in [0, 0.1) is 0 Å². The first-order valence-corrected chi connectivity index (χ1v) is 7.18. The van der Waals surface area contributed by atoms with Crippen LogP contribution in [-0.4, -0.2) is 11.5 Å². The molecule has 2 aromatic rings. The highest BCUT2D eigenvalue weighted by atomic mass is 35.5. The Morgan fingerprint density at radius 3 is 2.85 bits per heavy atom. The van der Waals surface area contributed by atoms with E-state index in [1.165, 1.54) is 5.56 Å². The van der Waals surface area contributed by atoms with Crippen LogP contribution in [0.1, 0.15) is 24.6 Å². The molecule has 0 aliphatic heterocycles. The smallest absolute Gasteiger partial charge is 0.130 e. The first kappa shape index (κ1) is 14.8. The molecule has 0 aliphatic carbocycles. The van der Waals surface area contributed by atoms with Crippen molar-refractivity contribution in [2.75, 3.05) is 6.54 Å². The molecule has 0 saturated heterocycles. The number of nitrogens with zero attached hydrogens (tertiary/aromatic N) is 1. The summed E-state index contributed by atoms with van der Waals surface area (Å²) in [6, 6.07) is 11.4. The number of hydrogen-bond donors (Lipinski definition) is 1. The van der Waals surface area contributed by atoms with E-state index in [9.17, 15) is 0 Å². The van der Waals surface area contributed by atoms with Gasteiger partial charge >= 0.3 is 0 Å². The molecule has 0 atom stereocenters. The normalized spacial score (nSPS) is 10.5. The zero-order chi connectivity index (χ0) is 14.2. The Labute approximate surface area is 124 Å². The number of rotatable bonds is 7. The van der Waals surface area contributed by atoms with Gasteiger partial charge in [-0.3, -0.25) is 4.98 Å². The van der Waals surface area contributed by atoms with E-state index < -0.39 is 0 Å². The maximum Gasteiger partial charge on any atom is 0.130 e. The fourth-order valence-electron chi connectivity index (χ4n) is 1.77. The number of aromatic nitrogens is 1. The second-order valence-corrected chi connectivity index (χ2v) is 5.02. The fraction of sp³-hybridized carbons (Fsp3) is 0.312. The summed E-state index contributed by atoms with van der Waals surface area (Å²) in [5.41, 5.74) is 2.09. The van der Waals surface area contributed by atoms with E-state index in [-0.39, 0.29) is 0 Å². The molecule has 2 rings (SSSR count). The Hall–Kier alpha value is -1.58. The SMILES string of the molecule is CCCNCc1ccc(COc2cccc(Cl)c2)nc1. The number of halogens is 1. The number of hydrogen-bond acceptors (Lipinski definition) is 3. The number of ether oxygens (including phenoxy) is 1. The Balaban J connectivity index is 1.84. The van der Waals surface area contributed by atoms with Crippen molar-refractivity contribution in [2.45, 2.75) is 26.5 Å². The molecular weight excluding hydrogens is 272 g/mol. The molecule has 0 aliphatic rings. The van der Waals surface area contributed by atoms with E-state index in [2.05, 4.69) is 23.3 Å². The van der Waals surface area contributed by atoms with Crippen molar-refractivity contribution in [3.05, 3.63) is 58.9 Å². The van der Waals surface area contributed by atoms with Gasteiger partial charge in [0.1, 0.15) is 12.4 Å². The van der Waals surface area contributed by atoms with E-state index >= 15 is 0 Å². The van der Waals surface area contributed by atoms with Crippen molar-refractivity contribution in [1.29, 1.82) is 0 Å². The van der Waals surface area contributed by atoms with Crippen molar-refractivity contribution in [3.8, 4) is 5.75 Å². The largest absolute Gasteiger partial charge is 0.487 e. The molecule has 0 saturated carbocycles. The Morgan fingerprint density at radius 2 is 2.15 bits per heavy atom. The third-order valence-corrected chi connectivity index (χ3v) is 3.06. The van der Waals surface area contributed by atoms with Crippen LogP contribution in [-0.2, 0) is 13.2 Å². The van der Waals surface area contributed by atoms with Gasteiger partial charge in [-0.2, -0.15) is 0 Å². The molecule has 1 aromatic heterocycles. The summed E-state index contributed by atoms with van der Waals surface area (Å²) in [6.07, 6.45) is 3.03. The summed E-state index contributed by atoms with van der Waals surface area (Å²) < 4.78 is 5.65. The number of benzene rings is 1. The zero-order valence-corrected chi connectivity index (χ0v) is 12.4. The first-order valence-electron chi connectivity index (χ1n) is 6.81. The lowest BCUT2D eigenvalue weighted by Gasteiger charge is -2.07. The molecule has 3 nitrogen and oxygen atoms in total. The minimum absolute atomic E-state index is 0.447. The second kappa shape index (κ2) is 7.88. The minimum atomic E-state index is 0.447. The van der Waals surface area contributed by atoms with Crippen LogP contribution in [0.15, 0.2) is 42.6 Å². The molecule has 1 aromatic carbocycles. The summed E-state index contributed by atoms with van der Waals surface area (Å²) in [5.74, 6) is 0.757. The third-order valence-electron chi connectivity index (χ3n) is 2.82. The van der Waals surface area contributed by atoms with E-state index in [1.54, 1.807) is 6.07 Å². The molecule has 0 spiro atoms. The van der Waals surface area contributed by atoms with Crippen LogP contribution >= 0.6 is 11.6 Å². The summed E-state index contributed by atoms with van der Waals surface area (Å²) in [6.45, 7) is 4.49. The van der Waals surface area contributed by atoms with E-state index in [0.717, 1.165) is 31.0 Å². The molecule has 0 fully saturated rings. The van der Waals surface area contributed by atoms with Crippen LogP contribution < -0.4 is 10.1 Å². The molecule has 0 unspecified atom stereocenters. The average molecular weight is 291 g/mol. The van der Waals surface area contributed by atoms with Crippen LogP contribution in [0.4, 0.5) is 0 Å². The summed E-state index contributed by atoms with van der Waals surface area (Å²) in [7, 11) is 0. The lowest BCUT2D eigenvalue weighted by molar-refractivity contribution is 0.301. The van der Waals surface area contributed by atoms with Gasteiger partial charge in [-0.05, 0) is 42.8 Å². The van der Waals surface area contributed by atoms with Crippen molar-refractivity contribution in [2.24, 2.45) is 0 Å². The zero-order valence-electron chi connectivity index (χ0n) is 11.6. The maximum atomic E-state index is 5.91. The topological polar surface area (TPSA) is 34.1 Å². The van der Waals surface area contributed by atoms with Gasteiger partial charge in [-0.25, -0.2) is 0 Å². The summed E-state index contributed by atoms with van der Waals surface area (Å²) in [5, 5.41) is 4.02. The molecule has 0 bridgehead atoms. The molecule has 106 valence electrons. The van der Waals surface area contributed by atoms with E-state index in [1.807, 2.05) is 30.5 Å². The minimum Gasteiger partial charge on any atom is -0.487 e. The molecular formula is C16H19ClN2O.